The Morgan fingerprint density at radius 2 is 2.10 bits per heavy atom. The molecule has 0 aliphatic heterocycles. The summed E-state index contributed by atoms with van der Waals surface area (Å²) in [5.41, 5.74) is 0. The second-order valence-electron chi connectivity index (χ2n) is 4.86. The number of esters is 1. The maximum absolute atomic E-state index is 12.8. The minimum absolute atomic E-state index is 0.146. The first-order chi connectivity index (χ1) is 10.0. The highest BCUT2D eigenvalue weighted by Crippen LogP contribution is 2.54. The van der Waals surface area contributed by atoms with Crippen molar-refractivity contribution in [1.29, 1.82) is 0 Å². The molecule has 0 N–H and O–H groups in total. The van der Waals surface area contributed by atoms with Crippen LogP contribution in [0.3, 0.4) is 0 Å². The van der Waals surface area contributed by atoms with Crippen LogP contribution >= 0.6 is 0 Å². The van der Waals surface area contributed by atoms with Crippen molar-refractivity contribution in [1.82, 2.24) is 0 Å². The fraction of sp³-hybridized carbons (Fsp3) is 0.312. The minimum Gasteiger partial charge on any atom is -0.465 e. The standard InChI is InChI=1S/C16H18O4S/c1-3-5-9-13-12-16(13,15(17)20-4-2)21(18,19)14-10-7-6-8-11-14/h3,5-11,13H,1,4,12H2,2H3/b9-5+. The predicted octanol–water partition coefficient (Wildman–Crippen LogP) is 2.52. The van der Waals surface area contributed by atoms with Crippen molar-refractivity contribution in [2.75, 3.05) is 6.61 Å². The van der Waals surface area contributed by atoms with E-state index in [2.05, 4.69) is 6.58 Å². The summed E-state index contributed by atoms with van der Waals surface area (Å²) in [4.78, 5) is 12.4. The van der Waals surface area contributed by atoms with Gasteiger partial charge in [0.15, 0.2) is 14.6 Å². The SMILES string of the molecule is C=C/C=C/C1CC1(C(=O)OCC)S(=O)(=O)c1ccccc1. The van der Waals surface area contributed by atoms with E-state index in [-0.39, 0.29) is 23.8 Å². The van der Waals surface area contributed by atoms with Gasteiger partial charge in [-0.25, -0.2) is 8.42 Å². The van der Waals surface area contributed by atoms with Crippen molar-refractivity contribution < 1.29 is 17.9 Å². The van der Waals surface area contributed by atoms with Crippen LogP contribution in [-0.2, 0) is 19.4 Å². The van der Waals surface area contributed by atoms with Gasteiger partial charge in [0.25, 0.3) is 0 Å². The zero-order valence-corrected chi connectivity index (χ0v) is 12.7. The molecule has 1 fully saturated rings. The second kappa shape index (κ2) is 5.85. The minimum atomic E-state index is -3.79. The average Bonchev–Trinajstić information content (AvgIpc) is 3.22. The highest BCUT2D eigenvalue weighted by Gasteiger charge is 2.69. The summed E-state index contributed by atoms with van der Waals surface area (Å²) in [6.45, 7) is 5.38. The summed E-state index contributed by atoms with van der Waals surface area (Å²) in [6, 6.07) is 8.02. The molecular formula is C16H18O4S. The lowest BCUT2D eigenvalue weighted by Crippen LogP contribution is -2.36. The first kappa shape index (κ1) is 15.5. The molecule has 1 aliphatic carbocycles. The molecule has 0 aromatic heterocycles. The molecule has 4 nitrogen and oxygen atoms in total. The normalized spacial score (nSPS) is 24.7. The van der Waals surface area contributed by atoms with Crippen LogP contribution in [0.2, 0.25) is 0 Å². The third-order valence-electron chi connectivity index (χ3n) is 3.60. The van der Waals surface area contributed by atoms with Crippen LogP contribution in [0.4, 0.5) is 0 Å². The molecule has 0 spiro atoms. The molecule has 0 bridgehead atoms. The van der Waals surface area contributed by atoms with Gasteiger partial charge in [0.05, 0.1) is 11.5 Å². The van der Waals surface area contributed by atoms with E-state index in [1.807, 2.05) is 0 Å². The van der Waals surface area contributed by atoms with E-state index in [4.69, 9.17) is 4.74 Å². The monoisotopic (exact) mass is 306 g/mol. The number of allylic oxidation sites excluding steroid dienone is 3. The van der Waals surface area contributed by atoms with E-state index in [0.29, 0.717) is 0 Å². The first-order valence-electron chi connectivity index (χ1n) is 6.77. The van der Waals surface area contributed by atoms with Gasteiger partial charge in [0.2, 0.25) is 0 Å². The Hall–Kier alpha value is -1.88. The molecule has 0 radical (unpaired) electrons. The number of carbonyl (C=O) groups excluding carboxylic acids is 1. The molecule has 112 valence electrons. The zero-order chi connectivity index (χ0) is 15.5. The maximum atomic E-state index is 12.8. The fourth-order valence-corrected chi connectivity index (χ4v) is 4.51. The van der Waals surface area contributed by atoms with E-state index in [1.54, 1.807) is 43.4 Å². The number of rotatable bonds is 6. The van der Waals surface area contributed by atoms with E-state index in [1.165, 1.54) is 12.1 Å². The van der Waals surface area contributed by atoms with Gasteiger partial charge in [0.1, 0.15) is 0 Å². The van der Waals surface area contributed by atoms with E-state index < -0.39 is 20.6 Å². The lowest BCUT2D eigenvalue weighted by molar-refractivity contribution is -0.143. The van der Waals surface area contributed by atoms with E-state index in [9.17, 15) is 13.2 Å². The summed E-state index contributed by atoms with van der Waals surface area (Å²) < 4.78 is 29.2. The molecule has 5 heteroatoms. The van der Waals surface area contributed by atoms with Gasteiger partial charge in [-0.1, -0.05) is 43.0 Å². The van der Waals surface area contributed by atoms with Crippen LogP contribution in [0.15, 0.2) is 60.0 Å². The third kappa shape index (κ3) is 2.53. The Morgan fingerprint density at radius 3 is 2.67 bits per heavy atom. The molecule has 2 atom stereocenters. The van der Waals surface area contributed by atoms with Gasteiger partial charge in [0, 0.05) is 5.92 Å². The van der Waals surface area contributed by atoms with Crippen molar-refractivity contribution in [2.24, 2.45) is 5.92 Å². The smallest absolute Gasteiger partial charge is 0.328 e. The molecule has 0 saturated heterocycles. The Bertz CT molecular complexity index is 661. The molecule has 21 heavy (non-hydrogen) atoms. The van der Waals surface area contributed by atoms with Crippen LogP contribution in [0, 0.1) is 5.92 Å². The van der Waals surface area contributed by atoms with Gasteiger partial charge in [-0.05, 0) is 25.5 Å². The number of sulfone groups is 1. The second-order valence-corrected chi connectivity index (χ2v) is 7.06. The number of hydrogen-bond acceptors (Lipinski definition) is 4. The van der Waals surface area contributed by atoms with Crippen LogP contribution in [0.25, 0.3) is 0 Å². The van der Waals surface area contributed by atoms with Gasteiger partial charge < -0.3 is 4.74 Å². The van der Waals surface area contributed by atoms with Crippen LogP contribution < -0.4 is 0 Å². The molecule has 1 aliphatic rings. The summed E-state index contributed by atoms with van der Waals surface area (Å²) in [5, 5.41) is 0. The Labute approximate surface area is 125 Å². The van der Waals surface area contributed by atoms with Crippen molar-refractivity contribution in [3.05, 3.63) is 55.1 Å². The Kier molecular flexibility index (Phi) is 4.32. The van der Waals surface area contributed by atoms with Crippen LogP contribution in [0.5, 0.6) is 0 Å². The van der Waals surface area contributed by atoms with Gasteiger partial charge in [-0.2, -0.15) is 0 Å². The Balaban J connectivity index is 2.45. The summed E-state index contributed by atoms with van der Waals surface area (Å²) in [5.74, 6) is -1.05. The Morgan fingerprint density at radius 1 is 1.43 bits per heavy atom. The van der Waals surface area contributed by atoms with Gasteiger partial charge in [-0.3, -0.25) is 4.79 Å². The fourth-order valence-electron chi connectivity index (χ4n) is 2.42. The summed E-state index contributed by atoms with van der Waals surface area (Å²) in [6.07, 6.45) is 5.16. The zero-order valence-electron chi connectivity index (χ0n) is 11.9. The molecule has 0 heterocycles. The molecule has 1 saturated carbocycles. The molecule has 1 aromatic carbocycles. The third-order valence-corrected chi connectivity index (χ3v) is 6.08. The average molecular weight is 306 g/mol. The summed E-state index contributed by atoms with van der Waals surface area (Å²) in [7, 11) is -3.79. The van der Waals surface area contributed by atoms with Gasteiger partial charge >= 0.3 is 5.97 Å². The highest BCUT2D eigenvalue weighted by atomic mass is 32.2. The van der Waals surface area contributed by atoms with Crippen molar-refractivity contribution in [2.45, 2.75) is 23.0 Å². The van der Waals surface area contributed by atoms with Crippen molar-refractivity contribution in [3.63, 3.8) is 0 Å². The molecule has 2 unspecified atom stereocenters. The molecule has 2 rings (SSSR count). The van der Waals surface area contributed by atoms with Crippen LogP contribution in [0.1, 0.15) is 13.3 Å². The number of ether oxygens (including phenoxy) is 1. The molecule has 1 aromatic rings. The van der Waals surface area contributed by atoms with E-state index in [0.717, 1.165) is 0 Å². The number of benzene rings is 1. The van der Waals surface area contributed by atoms with Crippen molar-refractivity contribution in [3.8, 4) is 0 Å². The maximum Gasteiger partial charge on any atom is 0.328 e. The quantitative estimate of drug-likeness (QED) is 0.598. The largest absolute Gasteiger partial charge is 0.465 e. The molecule has 0 amide bonds. The number of carbonyl (C=O) groups is 1. The van der Waals surface area contributed by atoms with Crippen LogP contribution in [-0.4, -0.2) is 25.7 Å². The predicted molar refractivity (Wildman–Crippen MR) is 80.4 cm³/mol. The highest BCUT2D eigenvalue weighted by molar-refractivity contribution is 7.94. The number of hydrogen-bond donors (Lipinski definition) is 0. The lowest BCUT2D eigenvalue weighted by atomic mass is 10.3. The van der Waals surface area contributed by atoms with Gasteiger partial charge in [-0.15, -0.1) is 0 Å². The lowest BCUT2D eigenvalue weighted by Gasteiger charge is -2.16. The van der Waals surface area contributed by atoms with E-state index >= 15 is 0 Å². The molecular weight excluding hydrogens is 288 g/mol. The first-order valence-corrected chi connectivity index (χ1v) is 8.25. The summed E-state index contributed by atoms with van der Waals surface area (Å²) >= 11 is 0. The topological polar surface area (TPSA) is 60.4 Å². The van der Waals surface area contributed by atoms with Crippen molar-refractivity contribution >= 4 is 15.8 Å².